The van der Waals surface area contributed by atoms with E-state index in [4.69, 9.17) is 4.74 Å². The second-order valence-corrected chi connectivity index (χ2v) is 4.71. The number of hydrogen-bond donors (Lipinski definition) is 0. The lowest BCUT2D eigenvalue weighted by Gasteiger charge is -2.30. The van der Waals surface area contributed by atoms with Gasteiger partial charge in [-0.15, -0.1) is 11.8 Å². The van der Waals surface area contributed by atoms with Gasteiger partial charge in [0, 0.05) is 18.8 Å². The van der Waals surface area contributed by atoms with E-state index in [2.05, 4.69) is 11.3 Å². The highest BCUT2D eigenvalue weighted by atomic mass is 32.2. The van der Waals surface area contributed by atoms with Gasteiger partial charge in [-0.3, -0.25) is 4.79 Å². The summed E-state index contributed by atoms with van der Waals surface area (Å²) in [7, 11) is 1.34. The molecule has 0 aromatic rings. The van der Waals surface area contributed by atoms with E-state index in [1.165, 1.54) is 23.8 Å². The first-order chi connectivity index (χ1) is 7.54. The van der Waals surface area contributed by atoms with Gasteiger partial charge in [0.05, 0.1) is 12.9 Å². The molecule has 1 rings (SSSR count). The van der Waals surface area contributed by atoms with Crippen molar-refractivity contribution in [2.24, 2.45) is 0 Å². The van der Waals surface area contributed by atoms with Gasteiger partial charge in [0.15, 0.2) is 0 Å². The first-order valence-corrected chi connectivity index (χ1v) is 5.91. The SMILES string of the molecule is C=C(C)OC(=O)N1CCSC(C(=O)OC)C1. The maximum Gasteiger partial charge on any atom is 0.414 e. The molecule has 16 heavy (non-hydrogen) atoms. The fourth-order valence-corrected chi connectivity index (χ4v) is 2.43. The number of hydrogen-bond acceptors (Lipinski definition) is 5. The van der Waals surface area contributed by atoms with Gasteiger partial charge in [0.1, 0.15) is 5.25 Å². The van der Waals surface area contributed by atoms with Crippen molar-refractivity contribution in [1.29, 1.82) is 0 Å². The minimum atomic E-state index is -0.457. The Morgan fingerprint density at radius 2 is 2.19 bits per heavy atom. The van der Waals surface area contributed by atoms with Crippen LogP contribution in [0.5, 0.6) is 0 Å². The quantitative estimate of drug-likeness (QED) is 0.541. The average molecular weight is 245 g/mol. The maximum absolute atomic E-state index is 11.5. The van der Waals surface area contributed by atoms with Crippen molar-refractivity contribution in [2.45, 2.75) is 12.2 Å². The molecule has 90 valence electrons. The summed E-state index contributed by atoms with van der Waals surface area (Å²) in [6, 6.07) is 0. The Bertz CT molecular complexity index is 305. The van der Waals surface area contributed by atoms with E-state index >= 15 is 0 Å². The number of rotatable bonds is 2. The summed E-state index contributed by atoms with van der Waals surface area (Å²) in [6.07, 6.45) is -0.457. The molecule has 0 bridgehead atoms. The zero-order valence-corrected chi connectivity index (χ0v) is 10.2. The number of carbonyl (C=O) groups excluding carboxylic acids is 2. The molecule has 0 aliphatic carbocycles. The van der Waals surface area contributed by atoms with Gasteiger partial charge in [-0.25, -0.2) is 4.79 Å². The maximum atomic E-state index is 11.5. The number of methoxy groups -OCH3 is 1. The molecule has 1 aliphatic heterocycles. The van der Waals surface area contributed by atoms with Crippen LogP contribution in [0.1, 0.15) is 6.92 Å². The van der Waals surface area contributed by atoms with Crippen LogP contribution in [0.25, 0.3) is 0 Å². The molecular formula is C10H15NO4S. The highest BCUT2D eigenvalue weighted by Gasteiger charge is 2.30. The number of esters is 1. The van der Waals surface area contributed by atoms with Gasteiger partial charge in [0.2, 0.25) is 0 Å². The molecular weight excluding hydrogens is 230 g/mol. The Balaban J connectivity index is 2.53. The highest BCUT2D eigenvalue weighted by Crippen LogP contribution is 2.20. The summed E-state index contributed by atoms with van der Waals surface area (Å²) in [4.78, 5) is 24.4. The molecule has 0 aromatic carbocycles. The molecule has 1 fully saturated rings. The van der Waals surface area contributed by atoms with E-state index in [9.17, 15) is 9.59 Å². The topological polar surface area (TPSA) is 55.8 Å². The molecule has 0 N–H and O–H groups in total. The van der Waals surface area contributed by atoms with Crippen LogP contribution in [0.15, 0.2) is 12.3 Å². The lowest BCUT2D eigenvalue weighted by atomic mass is 10.3. The molecule has 0 saturated carbocycles. The predicted octanol–water partition coefficient (Wildman–Crippen LogP) is 1.25. The number of carbonyl (C=O) groups is 2. The third-order valence-corrected chi connectivity index (χ3v) is 3.21. The highest BCUT2D eigenvalue weighted by molar-refractivity contribution is 8.00. The molecule has 1 saturated heterocycles. The number of amides is 1. The first kappa shape index (κ1) is 12.9. The Morgan fingerprint density at radius 3 is 2.75 bits per heavy atom. The molecule has 1 unspecified atom stereocenters. The second kappa shape index (κ2) is 5.79. The van der Waals surface area contributed by atoms with E-state index in [0.29, 0.717) is 24.6 Å². The van der Waals surface area contributed by atoms with Crippen molar-refractivity contribution in [3.8, 4) is 0 Å². The molecule has 1 amide bonds. The number of ether oxygens (including phenoxy) is 2. The molecule has 6 heteroatoms. The van der Waals surface area contributed by atoms with Crippen LogP contribution in [-0.2, 0) is 14.3 Å². The van der Waals surface area contributed by atoms with Gasteiger partial charge in [0.25, 0.3) is 0 Å². The molecule has 1 heterocycles. The summed E-state index contributed by atoms with van der Waals surface area (Å²) >= 11 is 1.49. The Labute approximate surface area is 98.8 Å². The Hall–Kier alpha value is -1.17. The smallest absolute Gasteiger partial charge is 0.414 e. The number of allylic oxidation sites excluding steroid dienone is 1. The van der Waals surface area contributed by atoms with Gasteiger partial charge >= 0.3 is 12.1 Å². The first-order valence-electron chi connectivity index (χ1n) is 4.86. The zero-order valence-electron chi connectivity index (χ0n) is 9.39. The largest absolute Gasteiger partial charge is 0.468 e. The molecule has 0 aromatic heterocycles. The number of thioether (sulfide) groups is 1. The van der Waals surface area contributed by atoms with Crippen molar-refractivity contribution in [2.75, 3.05) is 26.0 Å². The summed E-state index contributed by atoms with van der Waals surface area (Å²) in [5.41, 5.74) is 0. The standard InChI is InChI=1S/C10H15NO4S/c1-7(2)15-10(13)11-4-5-16-8(6-11)9(12)14-3/h8H,1,4-6H2,2-3H3. The summed E-state index contributed by atoms with van der Waals surface area (Å²) in [5.74, 6) is 0.737. The van der Waals surface area contributed by atoms with E-state index in [1.54, 1.807) is 6.92 Å². The van der Waals surface area contributed by atoms with Gasteiger partial charge in [-0.1, -0.05) is 6.58 Å². The van der Waals surface area contributed by atoms with Gasteiger partial charge in [-0.2, -0.15) is 0 Å². The van der Waals surface area contributed by atoms with Gasteiger partial charge < -0.3 is 14.4 Å². The van der Waals surface area contributed by atoms with Crippen LogP contribution in [0.2, 0.25) is 0 Å². The summed E-state index contributed by atoms with van der Waals surface area (Å²) in [6.45, 7) is 6.00. The van der Waals surface area contributed by atoms with Gasteiger partial charge in [-0.05, 0) is 6.92 Å². The molecule has 1 atom stereocenters. The Kier molecular flexibility index (Phi) is 4.67. The number of nitrogens with zero attached hydrogens (tertiary/aromatic N) is 1. The molecule has 5 nitrogen and oxygen atoms in total. The molecule has 1 aliphatic rings. The van der Waals surface area contributed by atoms with E-state index in [1.807, 2.05) is 0 Å². The fourth-order valence-electron chi connectivity index (χ4n) is 1.30. The van der Waals surface area contributed by atoms with Crippen molar-refractivity contribution in [3.05, 3.63) is 12.3 Å². The average Bonchev–Trinajstić information content (AvgIpc) is 2.27. The third kappa shape index (κ3) is 3.44. The monoisotopic (exact) mass is 245 g/mol. The third-order valence-electron chi connectivity index (χ3n) is 2.05. The second-order valence-electron chi connectivity index (χ2n) is 3.40. The molecule has 0 spiro atoms. The van der Waals surface area contributed by atoms with Crippen molar-refractivity contribution >= 4 is 23.8 Å². The minimum absolute atomic E-state index is 0.308. The lowest BCUT2D eigenvalue weighted by Crippen LogP contribution is -2.45. The van der Waals surface area contributed by atoms with Crippen molar-refractivity contribution in [1.82, 2.24) is 4.90 Å². The lowest BCUT2D eigenvalue weighted by molar-refractivity contribution is -0.140. The normalized spacial score (nSPS) is 20.1. The van der Waals surface area contributed by atoms with Crippen molar-refractivity contribution < 1.29 is 19.1 Å². The van der Waals surface area contributed by atoms with E-state index < -0.39 is 6.09 Å². The van der Waals surface area contributed by atoms with Crippen LogP contribution in [-0.4, -0.2) is 48.2 Å². The van der Waals surface area contributed by atoms with E-state index in [0.717, 1.165) is 0 Å². The summed E-state index contributed by atoms with van der Waals surface area (Å²) in [5, 5.41) is -0.323. The van der Waals surface area contributed by atoms with Crippen LogP contribution < -0.4 is 0 Å². The molecule has 0 radical (unpaired) electrons. The van der Waals surface area contributed by atoms with Crippen LogP contribution in [0.4, 0.5) is 4.79 Å². The predicted molar refractivity (Wildman–Crippen MR) is 61.1 cm³/mol. The minimum Gasteiger partial charge on any atom is -0.468 e. The van der Waals surface area contributed by atoms with Crippen molar-refractivity contribution in [3.63, 3.8) is 0 Å². The fraction of sp³-hybridized carbons (Fsp3) is 0.600. The van der Waals surface area contributed by atoms with Crippen LogP contribution >= 0.6 is 11.8 Å². The van der Waals surface area contributed by atoms with Crippen LogP contribution in [0, 0.1) is 0 Å². The van der Waals surface area contributed by atoms with E-state index in [-0.39, 0.29) is 11.2 Å². The van der Waals surface area contributed by atoms with Crippen LogP contribution in [0.3, 0.4) is 0 Å². The summed E-state index contributed by atoms with van der Waals surface area (Å²) < 4.78 is 9.53. The zero-order chi connectivity index (χ0) is 12.1. The Morgan fingerprint density at radius 1 is 1.50 bits per heavy atom.